The third kappa shape index (κ3) is 4.08. The molecule has 1 unspecified atom stereocenters. The summed E-state index contributed by atoms with van der Waals surface area (Å²) in [7, 11) is 0. The minimum atomic E-state index is -1.18. The fourth-order valence-corrected chi connectivity index (χ4v) is 2.46. The van der Waals surface area contributed by atoms with Crippen molar-refractivity contribution in [3.63, 3.8) is 0 Å². The molecule has 2 rings (SSSR count). The SMILES string of the molecule is CC(=N)C(C#N)C(=O)COC(=O)[C@@H]1COc2ccc(Cl)cc2C1. The van der Waals surface area contributed by atoms with Crippen LogP contribution in [0.15, 0.2) is 18.2 Å². The number of nitrogens with zero attached hydrogens (tertiary/aromatic N) is 1. The van der Waals surface area contributed by atoms with Gasteiger partial charge in [-0.25, -0.2) is 0 Å². The van der Waals surface area contributed by atoms with E-state index in [0.29, 0.717) is 17.2 Å². The topological polar surface area (TPSA) is 100 Å². The van der Waals surface area contributed by atoms with Crippen LogP contribution in [-0.4, -0.2) is 30.7 Å². The first-order valence-electron chi connectivity index (χ1n) is 6.97. The Bertz CT molecular complexity index is 696. The molecule has 1 heterocycles. The van der Waals surface area contributed by atoms with E-state index in [0.717, 1.165) is 5.56 Å². The van der Waals surface area contributed by atoms with Gasteiger partial charge >= 0.3 is 5.97 Å². The average molecular weight is 335 g/mol. The van der Waals surface area contributed by atoms with E-state index in [1.54, 1.807) is 24.3 Å². The number of carbonyl (C=O) groups excluding carboxylic acids is 2. The first kappa shape index (κ1) is 17.0. The van der Waals surface area contributed by atoms with Crippen molar-refractivity contribution in [1.29, 1.82) is 10.7 Å². The fraction of sp³-hybridized carbons (Fsp3) is 0.375. The van der Waals surface area contributed by atoms with E-state index in [1.807, 2.05) is 0 Å². The number of rotatable bonds is 5. The zero-order valence-corrected chi connectivity index (χ0v) is 13.2. The number of esters is 1. The summed E-state index contributed by atoms with van der Waals surface area (Å²) in [6.45, 7) is 1.00. The summed E-state index contributed by atoms with van der Waals surface area (Å²) in [5, 5.41) is 16.7. The van der Waals surface area contributed by atoms with Crippen molar-refractivity contribution in [2.75, 3.05) is 13.2 Å². The second kappa shape index (κ2) is 7.25. The van der Waals surface area contributed by atoms with Gasteiger partial charge in [0.25, 0.3) is 0 Å². The van der Waals surface area contributed by atoms with Crippen LogP contribution >= 0.6 is 11.6 Å². The van der Waals surface area contributed by atoms with Gasteiger partial charge in [0.2, 0.25) is 0 Å². The Morgan fingerprint density at radius 1 is 1.57 bits per heavy atom. The summed E-state index contributed by atoms with van der Waals surface area (Å²) < 4.78 is 10.5. The Labute approximate surface area is 138 Å². The number of carbonyl (C=O) groups is 2. The summed E-state index contributed by atoms with van der Waals surface area (Å²) in [4.78, 5) is 23.8. The van der Waals surface area contributed by atoms with Crippen LogP contribution in [-0.2, 0) is 20.7 Å². The normalized spacial score (nSPS) is 17.2. The Hall–Kier alpha value is -2.39. The molecule has 0 fully saturated rings. The maximum Gasteiger partial charge on any atom is 0.313 e. The number of hydrogen-bond acceptors (Lipinski definition) is 6. The minimum absolute atomic E-state index is 0.0712. The molecule has 1 aliphatic rings. The highest BCUT2D eigenvalue weighted by Gasteiger charge is 2.29. The van der Waals surface area contributed by atoms with Crippen LogP contribution in [0.25, 0.3) is 0 Å². The van der Waals surface area contributed by atoms with Crippen LogP contribution in [0.1, 0.15) is 12.5 Å². The second-order valence-corrected chi connectivity index (χ2v) is 5.72. The van der Waals surface area contributed by atoms with Crippen molar-refractivity contribution in [3.8, 4) is 11.8 Å². The van der Waals surface area contributed by atoms with E-state index >= 15 is 0 Å². The largest absolute Gasteiger partial charge is 0.492 e. The molecule has 0 radical (unpaired) electrons. The number of ketones is 1. The van der Waals surface area contributed by atoms with Crippen LogP contribution in [0.4, 0.5) is 0 Å². The van der Waals surface area contributed by atoms with E-state index in [-0.39, 0.29) is 12.3 Å². The molecular weight excluding hydrogens is 320 g/mol. The van der Waals surface area contributed by atoms with Gasteiger partial charge in [0.15, 0.2) is 12.4 Å². The first-order valence-corrected chi connectivity index (χ1v) is 7.35. The van der Waals surface area contributed by atoms with Gasteiger partial charge in [-0.15, -0.1) is 0 Å². The maximum atomic E-state index is 12.1. The quantitative estimate of drug-likeness (QED) is 0.657. The molecule has 1 aromatic carbocycles. The standard InChI is InChI=1S/C16H15ClN2O4/c1-9(19)13(6-18)14(20)8-23-16(21)11-4-10-5-12(17)2-3-15(10)22-7-11/h2-3,5,11,13,19H,4,7-8H2,1H3/t11-,13?/m0/s1. The molecule has 1 aromatic rings. The molecule has 0 saturated heterocycles. The highest BCUT2D eigenvalue weighted by atomic mass is 35.5. The van der Waals surface area contributed by atoms with E-state index in [4.69, 9.17) is 31.7 Å². The van der Waals surface area contributed by atoms with Crippen molar-refractivity contribution in [2.45, 2.75) is 13.3 Å². The number of nitriles is 1. The molecular formula is C16H15ClN2O4. The highest BCUT2D eigenvalue weighted by molar-refractivity contribution is 6.30. The van der Waals surface area contributed by atoms with Gasteiger partial charge < -0.3 is 14.9 Å². The summed E-state index contributed by atoms with van der Waals surface area (Å²) in [5.41, 5.74) is 0.736. The molecule has 0 aliphatic carbocycles. The van der Waals surface area contributed by atoms with Gasteiger partial charge in [0.1, 0.15) is 18.3 Å². The number of hydrogen-bond donors (Lipinski definition) is 1. The Morgan fingerprint density at radius 2 is 2.30 bits per heavy atom. The Kier molecular flexibility index (Phi) is 5.35. The predicted molar refractivity (Wildman–Crippen MR) is 82.6 cm³/mol. The van der Waals surface area contributed by atoms with Gasteiger partial charge in [0, 0.05) is 10.7 Å². The molecule has 2 atom stereocenters. The molecule has 7 heteroatoms. The fourth-order valence-electron chi connectivity index (χ4n) is 2.27. The lowest BCUT2D eigenvalue weighted by Crippen LogP contribution is -2.32. The molecule has 120 valence electrons. The van der Waals surface area contributed by atoms with Gasteiger partial charge in [-0.05, 0) is 37.1 Å². The first-order chi connectivity index (χ1) is 10.9. The third-order valence-corrected chi connectivity index (χ3v) is 3.74. The highest BCUT2D eigenvalue weighted by Crippen LogP contribution is 2.30. The second-order valence-electron chi connectivity index (χ2n) is 5.28. The van der Waals surface area contributed by atoms with Crippen molar-refractivity contribution in [2.24, 2.45) is 11.8 Å². The molecule has 0 amide bonds. The van der Waals surface area contributed by atoms with Crippen molar-refractivity contribution in [1.82, 2.24) is 0 Å². The van der Waals surface area contributed by atoms with Crippen LogP contribution < -0.4 is 4.74 Å². The van der Waals surface area contributed by atoms with Crippen molar-refractivity contribution >= 4 is 29.1 Å². The maximum absolute atomic E-state index is 12.1. The third-order valence-electron chi connectivity index (χ3n) is 3.50. The molecule has 1 N–H and O–H groups in total. The average Bonchev–Trinajstić information content (AvgIpc) is 2.52. The van der Waals surface area contributed by atoms with Gasteiger partial charge in [-0.3, -0.25) is 9.59 Å². The zero-order valence-electron chi connectivity index (χ0n) is 12.5. The van der Waals surface area contributed by atoms with Gasteiger partial charge in [0.05, 0.1) is 12.0 Å². The van der Waals surface area contributed by atoms with Gasteiger partial charge in [-0.2, -0.15) is 5.26 Å². The molecule has 0 spiro atoms. The Morgan fingerprint density at radius 3 is 2.96 bits per heavy atom. The predicted octanol–water partition coefficient (Wildman–Crippen LogP) is 2.18. The van der Waals surface area contributed by atoms with Crippen molar-refractivity contribution < 1.29 is 19.1 Å². The van der Waals surface area contributed by atoms with Gasteiger partial charge in [-0.1, -0.05) is 11.6 Å². The summed E-state index contributed by atoms with van der Waals surface area (Å²) in [6.07, 6.45) is 0.411. The minimum Gasteiger partial charge on any atom is -0.492 e. The van der Waals surface area contributed by atoms with E-state index in [2.05, 4.69) is 0 Å². The van der Waals surface area contributed by atoms with Crippen LogP contribution in [0, 0.1) is 28.6 Å². The molecule has 0 bridgehead atoms. The van der Waals surface area contributed by atoms with E-state index < -0.39 is 30.2 Å². The molecule has 6 nitrogen and oxygen atoms in total. The van der Waals surface area contributed by atoms with E-state index in [9.17, 15) is 9.59 Å². The molecule has 23 heavy (non-hydrogen) atoms. The Balaban J connectivity index is 1.94. The van der Waals surface area contributed by atoms with Crippen LogP contribution in [0.3, 0.4) is 0 Å². The van der Waals surface area contributed by atoms with E-state index in [1.165, 1.54) is 6.92 Å². The molecule has 1 aliphatic heterocycles. The summed E-state index contributed by atoms with van der Waals surface area (Å²) in [6, 6.07) is 6.90. The lowest BCUT2D eigenvalue weighted by Gasteiger charge is -2.24. The zero-order chi connectivity index (χ0) is 17.0. The number of nitrogens with one attached hydrogen (secondary N) is 1. The lowest BCUT2D eigenvalue weighted by atomic mass is 9.97. The number of ether oxygens (including phenoxy) is 2. The monoisotopic (exact) mass is 334 g/mol. The summed E-state index contributed by atoms with van der Waals surface area (Å²) in [5.74, 6) is -2.20. The van der Waals surface area contributed by atoms with Crippen LogP contribution in [0.5, 0.6) is 5.75 Å². The molecule has 0 saturated carbocycles. The number of halogens is 1. The number of benzene rings is 1. The number of fused-ring (bicyclic) bond motifs is 1. The number of Topliss-reactive ketones (excluding diaryl/α,β-unsaturated/α-hetero) is 1. The summed E-state index contributed by atoms with van der Waals surface area (Å²) >= 11 is 5.92. The smallest absolute Gasteiger partial charge is 0.313 e. The lowest BCUT2D eigenvalue weighted by molar-refractivity contribution is -0.153. The van der Waals surface area contributed by atoms with Crippen molar-refractivity contribution in [3.05, 3.63) is 28.8 Å². The molecule has 0 aromatic heterocycles. The van der Waals surface area contributed by atoms with Crippen LogP contribution in [0.2, 0.25) is 5.02 Å².